The molecule has 1 rings (SSSR count). The van der Waals surface area contributed by atoms with Crippen molar-refractivity contribution < 1.29 is 0 Å². The fourth-order valence-corrected chi connectivity index (χ4v) is 1.14. The smallest absolute Gasteiger partial charge is 0.0296 e. The molecular weight excluding hydrogens is 142 g/mol. The van der Waals surface area contributed by atoms with Gasteiger partial charge in [-0.15, -0.1) is 0 Å². The molecule has 0 saturated carbocycles. The molecule has 0 amide bonds. The monoisotopic (exact) mass is 152 g/mol. The van der Waals surface area contributed by atoms with E-state index in [1.54, 1.807) is 24.2 Å². The lowest BCUT2D eigenvalue weighted by Crippen LogP contribution is -1.86. The second-order valence-corrected chi connectivity index (χ2v) is 3.05. The fourth-order valence-electron chi connectivity index (χ4n) is 0.714. The molecule has 1 radical (unpaired) electrons. The molecule has 2 heteroatoms. The van der Waals surface area contributed by atoms with Crippen LogP contribution in [0.3, 0.4) is 0 Å². The van der Waals surface area contributed by atoms with E-state index in [2.05, 4.69) is 18.2 Å². The highest BCUT2D eigenvalue weighted by atomic mass is 32.2. The zero-order valence-electron chi connectivity index (χ0n) is 5.95. The van der Waals surface area contributed by atoms with Gasteiger partial charge in [0.1, 0.15) is 0 Å². The highest BCUT2D eigenvalue weighted by molar-refractivity contribution is 7.98. The predicted octanol–water partition coefficient (Wildman–Crippen LogP) is 2.32. The van der Waals surface area contributed by atoms with E-state index in [-0.39, 0.29) is 0 Å². The van der Waals surface area contributed by atoms with Gasteiger partial charge in [-0.3, -0.25) is 4.98 Å². The molecule has 0 aliphatic heterocycles. The van der Waals surface area contributed by atoms with Crippen LogP contribution < -0.4 is 0 Å². The molecule has 53 valence electrons. The number of rotatable bonds is 2. The molecule has 1 aromatic rings. The van der Waals surface area contributed by atoms with Crippen molar-refractivity contribution in [2.24, 2.45) is 0 Å². The Morgan fingerprint density at radius 3 is 2.60 bits per heavy atom. The molecule has 0 aromatic carbocycles. The first-order chi connectivity index (χ1) is 4.84. The largest absolute Gasteiger partial charge is 0.265 e. The number of nitrogens with zero attached hydrogens (tertiary/aromatic N) is 1. The standard InChI is InChI=1S/C8H10NS/c1-7(10-2)8-3-5-9-6-4-8/h3-7H,1H2,2H3. The van der Waals surface area contributed by atoms with Gasteiger partial charge in [0.2, 0.25) is 0 Å². The van der Waals surface area contributed by atoms with Gasteiger partial charge in [-0.25, -0.2) is 0 Å². The Morgan fingerprint density at radius 2 is 2.10 bits per heavy atom. The predicted molar refractivity (Wildman–Crippen MR) is 45.9 cm³/mol. The molecule has 0 bridgehead atoms. The maximum atomic E-state index is 3.96. The Morgan fingerprint density at radius 1 is 1.50 bits per heavy atom. The third kappa shape index (κ3) is 1.74. The molecule has 1 nitrogen and oxygen atoms in total. The summed E-state index contributed by atoms with van der Waals surface area (Å²) in [6.07, 6.45) is 5.64. The van der Waals surface area contributed by atoms with Crippen molar-refractivity contribution >= 4 is 11.8 Å². The van der Waals surface area contributed by atoms with Crippen molar-refractivity contribution in [3.05, 3.63) is 37.0 Å². The molecule has 0 N–H and O–H groups in total. The first-order valence-corrected chi connectivity index (χ1v) is 4.39. The molecule has 1 unspecified atom stereocenters. The van der Waals surface area contributed by atoms with Crippen LogP contribution >= 0.6 is 11.8 Å². The SMILES string of the molecule is [CH2]C(SC)c1ccncc1. The third-order valence-electron chi connectivity index (χ3n) is 1.36. The summed E-state index contributed by atoms with van der Waals surface area (Å²) in [5, 5.41) is 0.336. The third-order valence-corrected chi connectivity index (χ3v) is 2.20. The summed E-state index contributed by atoms with van der Waals surface area (Å²) in [5.41, 5.74) is 1.24. The van der Waals surface area contributed by atoms with Gasteiger partial charge in [0.25, 0.3) is 0 Å². The van der Waals surface area contributed by atoms with Crippen molar-refractivity contribution in [2.75, 3.05) is 6.26 Å². The zero-order valence-corrected chi connectivity index (χ0v) is 6.77. The first-order valence-electron chi connectivity index (χ1n) is 3.10. The van der Waals surface area contributed by atoms with Gasteiger partial charge >= 0.3 is 0 Å². The van der Waals surface area contributed by atoms with Crippen LogP contribution in [-0.2, 0) is 0 Å². The highest BCUT2D eigenvalue weighted by Crippen LogP contribution is 2.23. The Balaban J connectivity index is 2.75. The van der Waals surface area contributed by atoms with E-state index < -0.39 is 0 Å². The van der Waals surface area contributed by atoms with E-state index in [0.717, 1.165) is 0 Å². The van der Waals surface area contributed by atoms with Crippen LogP contribution in [0.4, 0.5) is 0 Å². The van der Waals surface area contributed by atoms with Gasteiger partial charge in [-0.2, -0.15) is 11.8 Å². The Bertz CT molecular complexity index is 186. The summed E-state index contributed by atoms with van der Waals surface area (Å²) in [7, 11) is 0. The summed E-state index contributed by atoms with van der Waals surface area (Å²) < 4.78 is 0. The Hall–Kier alpha value is -0.500. The van der Waals surface area contributed by atoms with Crippen LogP contribution in [0, 0.1) is 6.92 Å². The van der Waals surface area contributed by atoms with Crippen LogP contribution in [0.1, 0.15) is 10.8 Å². The molecule has 0 saturated heterocycles. The second kappa shape index (κ2) is 3.62. The summed E-state index contributed by atoms with van der Waals surface area (Å²) in [5.74, 6) is 0. The van der Waals surface area contributed by atoms with E-state index in [1.165, 1.54) is 5.56 Å². The Labute approximate surface area is 65.9 Å². The van der Waals surface area contributed by atoms with Crippen molar-refractivity contribution in [2.45, 2.75) is 5.25 Å². The lowest BCUT2D eigenvalue weighted by molar-refractivity contribution is 1.19. The first kappa shape index (κ1) is 7.61. The van der Waals surface area contributed by atoms with Gasteiger partial charge in [0.05, 0.1) is 0 Å². The van der Waals surface area contributed by atoms with Gasteiger partial charge in [0, 0.05) is 17.6 Å². The molecule has 1 heterocycles. The lowest BCUT2D eigenvalue weighted by Gasteiger charge is -2.05. The summed E-state index contributed by atoms with van der Waals surface area (Å²) in [6.45, 7) is 3.96. The molecule has 10 heavy (non-hydrogen) atoms. The topological polar surface area (TPSA) is 12.9 Å². The molecule has 0 aliphatic rings. The number of hydrogen-bond donors (Lipinski definition) is 0. The number of pyridine rings is 1. The zero-order chi connectivity index (χ0) is 7.40. The average molecular weight is 152 g/mol. The molecule has 0 aliphatic carbocycles. The maximum absolute atomic E-state index is 3.96. The van der Waals surface area contributed by atoms with E-state index >= 15 is 0 Å². The quantitative estimate of drug-likeness (QED) is 0.645. The normalized spacial score (nSPS) is 13.0. The molecule has 0 spiro atoms. The van der Waals surface area contributed by atoms with Crippen LogP contribution in [-0.4, -0.2) is 11.2 Å². The number of hydrogen-bond acceptors (Lipinski definition) is 2. The van der Waals surface area contributed by atoms with E-state index in [9.17, 15) is 0 Å². The summed E-state index contributed by atoms with van der Waals surface area (Å²) >= 11 is 1.74. The van der Waals surface area contributed by atoms with Crippen molar-refractivity contribution in [3.63, 3.8) is 0 Å². The molecular formula is C8H10NS. The highest BCUT2D eigenvalue weighted by Gasteiger charge is 2.00. The van der Waals surface area contributed by atoms with Crippen LogP contribution in [0.25, 0.3) is 0 Å². The molecule has 1 atom stereocenters. The van der Waals surface area contributed by atoms with Crippen LogP contribution in [0.5, 0.6) is 0 Å². The Kier molecular flexibility index (Phi) is 2.75. The van der Waals surface area contributed by atoms with Gasteiger partial charge < -0.3 is 0 Å². The fraction of sp³-hybridized carbons (Fsp3) is 0.250. The minimum absolute atomic E-state index is 0.336. The van der Waals surface area contributed by atoms with E-state index in [0.29, 0.717) is 5.25 Å². The van der Waals surface area contributed by atoms with Gasteiger partial charge in [-0.1, -0.05) is 0 Å². The lowest BCUT2D eigenvalue weighted by atomic mass is 10.2. The van der Waals surface area contributed by atoms with Crippen molar-refractivity contribution in [1.82, 2.24) is 4.98 Å². The summed E-state index contributed by atoms with van der Waals surface area (Å²) in [6, 6.07) is 3.99. The number of thioether (sulfide) groups is 1. The average Bonchev–Trinajstić information content (AvgIpc) is 2.05. The van der Waals surface area contributed by atoms with Gasteiger partial charge in [-0.05, 0) is 30.9 Å². The minimum Gasteiger partial charge on any atom is -0.265 e. The van der Waals surface area contributed by atoms with Crippen molar-refractivity contribution in [1.29, 1.82) is 0 Å². The summed E-state index contributed by atoms with van der Waals surface area (Å²) in [4.78, 5) is 3.93. The molecule has 1 aromatic heterocycles. The minimum atomic E-state index is 0.336. The van der Waals surface area contributed by atoms with E-state index in [4.69, 9.17) is 0 Å². The van der Waals surface area contributed by atoms with E-state index in [1.807, 2.05) is 12.1 Å². The second-order valence-electron chi connectivity index (χ2n) is 2.00. The van der Waals surface area contributed by atoms with Crippen molar-refractivity contribution in [3.8, 4) is 0 Å². The number of aromatic nitrogens is 1. The van der Waals surface area contributed by atoms with Crippen LogP contribution in [0.2, 0.25) is 0 Å². The maximum Gasteiger partial charge on any atom is 0.0296 e. The molecule has 0 fully saturated rings. The van der Waals surface area contributed by atoms with Gasteiger partial charge in [0.15, 0.2) is 0 Å². The van der Waals surface area contributed by atoms with Crippen LogP contribution in [0.15, 0.2) is 24.5 Å².